The van der Waals surface area contributed by atoms with Gasteiger partial charge in [0.15, 0.2) is 0 Å². The van der Waals surface area contributed by atoms with Gasteiger partial charge in [-0.2, -0.15) is 40.8 Å². The quantitative estimate of drug-likeness (QED) is 0.172. The van der Waals surface area contributed by atoms with Crippen LogP contribution in [0.5, 0.6) is 41.2 Å². The van der Waals surface area contributed by atoms with E-state index in [1.165, 1.54) is 56.6 Å². The number of likely N-dealkylation sites (N-methyl/N-ethyl adjacent to an activating group) is 1. The van der Waals surface area contributed by atoms with E-state index in [9.17, 15) is 0 Å². The van der Waals surface area contributed by atoms with E-state index in [1.807, 2.05) is 89.4 Å². The molecule has 8 aliphatic heterocycles. The number of aryl methyl sites for hydroxylation is 4. The van der Waals surface area contributed by atoms with E-state index >= 15 is 0 Å². The molecule has 0 fully saturated rings. The zero-order valence-corrected chi connectivity index (χ0v) is 80.0. The molecule has 16 rings (SSSR count). The van der Waals surface area contributed by atoms with E-state index in [2.05, 4.69) is 231 Å². The fourth-order valence-corrected chi connectivity index (χ4v) is 15.3. The van der Waals surface area contributed by atoms with E-state index in [0.29, 0.717) is 31.1 Å². The molecule has 8 aromatic heterocycles. The molecular weight excluding hydrogens is 1530 g/mol. The lowest BCUT2D eigenvalue weighted by Gasteiger charge is -2.19. The fourth-order valence-electron chi connectivity index (χ4n) is 15.3. The standard InChI is InChI=1S/C13H22N2O.C12H21N3O.2C12H20N2O2.C12H20N2O.3C11H18N2O/c1-5-10-6-7-16-12-11(13(2,3)4)8-14-15(12)9-10;1-12(2,3)10-7-14-15-6-5-9(13-4)8-16-11(10)15;1-12(2,3)10-7-13-14-8-9(15-4)5-6-16-11(10)14;1-12(2,3)10-7-13-14-6-5-9(15-4)8-16-11(10)14;1-9-5-6-15-11-10(12(2,3)4)7-13-14(11)8-9;1-11(2,3)9-8-12-13-5-7-14-6-4-10(9)13;2*1-11(2,3)9-8-12-13-6-4-5-7-14-10(9)13/h8,10H,5-7,9H2,1-4H3;7,9,13H,5-6,8H2,1-4H3;2*7,9H,5-6,8H2,1-4H3;7,9H,5-6,8H2,1-4H3;3*8H,4-7H2,1-3H3. The van der Waals surface area contributed by atoms with Gasteiger partial charge in [0.1, 0.15) is 13.2 Å². The zero-order valence-electron chi connectivity index (χ0n) is 80.0. The van der Waals surface area contributed by atoms with Crippen LogP contribution in [0.15, 0.2) is 49.6 Å². The lowest BCUT2D eigenvalue weighted by Crippen LogP contribution is -2.31. The van der Waals surface area contributed by atoms with Gasteiger partial charge in [-0.15, -0.1) is 0 Å². The van der Waals surface area contributed by atoms with E-state index in [-0.39, 0.29) is 55.5 Å². The minimum atomic E-state index is 0.0699. The van der Waals surface area contributed by atoms with E-state index in [1.54, 1.807) is 14.2 Å². The lowest BCUT2D eigenvalue weighted by atomic mass is 9.87. The van der Waals surface area contributed by atoms with Gasteiger partial charge in [0, 0.05) is 117 Å². The molecule has 0 spiro atoms. The van der Waals surface area contributed by atoms with Crippen molar-refractivity contribution in [3.63, 3.8) is 0 Å². The summed E-state index contributed by atoms with van der Waals surface area (Å²) in [6, 6.07) is 0.425. The van der Waals surface area contributed by atoms with Crippen molar-refractivity contribution in [2.45, 2.75) is 365 Å². The number of aromatic nitrogens is 16. The molecule has 1 N–H and O–H groups in total. The average molecular weight is 1690 g/mol. The molecule has 0 saturated heterocycles. The van der Waals surface area contributed by atoms with Crippen LogP contribution in [0, 0.1) is 11.8 Å². The molecule has 0 bridgehead atoms. The first-order chi connectivity index (χ1) is 56.8. The topological polar surface area (TPSA) is 247 Å². The predicted molar refractivity (Wildman–Crippen MR) is 479 cm³/mol. The molecule has 8 aromatic rings. The van der Waals surface area contributed by atoms with Crippen LogP contribution in [0.3, 0.4) is 0 Å². The maximum atomic E-state index is 5.89. The van der Waals surface area contributed by atoms with Crippen LogP contribution >= 0.6 is 0 Å². The van der Waals surface area contributed by atoms with Crippen LogP contribution in [-0.4, -0.2) is 177 Å². The van der Waals surface area contributed by atoms with Gasteiger partial charge in [0.05, 0.1) is 121 Å². The number of ether oxygens (including phenoxy) is 10. The summed E-state index contributed by atoms with van der Waals surface area (Å²) in [6.07, 6.45) is 28.0. The molecule has 8 aliphatic rings. The van der Waals surface area contributed by atoms with Crippen LogP contribution in [-0.2, 0) is 116 Å². The second-order valence-electron chi connectivity index (χ2n) is 41.9. The molecule has 0 aromatic carbocycles. The van der Waals surface area contributed by atoms with Gasteiger partial charge in [-0.05, 0) is 119 Å². The third-order valence-corrected chi connectivity index (χ3v) is 23.3. The molecule has 678 valence electrons. The molecule has 0 radical (unpaired) electrons. The Balaban J connectivity index is 0.000000157. The number of hydrogen-bond donors (Lipinski definition) is 1. The summed E-state index contributed by atoms with van der Waals surface area (Å²) in [5.74, 6) is 8.05. The Morgan fingerprint density at radius 1 is 0.331 bits per heavy atom. The molecule has 0 amide bonds. The van der Waals surface area contributed by atoms with Crippen molar-refractivity contribution in [3.8, 4) is 41.2 Å². The third kappa shape index (κ3) is 26.6. The highest BCUT2D eigenvalue weighted by molar-refractivity contribution is 5.37. The largest absolute Gasteiger partial charge is 0.478 e. The summed E-state index contributed by atoms with van der Waals surface area (Å²) >= 11 is 0. The summed E-state index contributed by atoms with van der Waals surface area (Å²) in [5, 5.41) is 38.5. The van der Waals surface area contributed by atoms with Crippen molar-refractivity contribution in [1.82, 2.24) is 83.6 Å². The number of nitrogens with one attached hydrogen (secondary N) is 1. The number of rotatable bonds is 4. The molecule has 0 saturated carbocycles. The summed E-state index contributed by atoms with van der Waals surface area (Å²) in [4.78, 5) is 0. The summed E-state index contributed by atoms with van der Waals surface area (Å²) in [7, 11) is 5.45. The van der Waals surface area contributed by atoms with Crippen molar-refractivity contribution in [3.05, 3.63) is 99.8 Å². The van der Waals surface area contributed by atoms with Crippen LogP contribution in [0.4, 0.5) is 0 Å². The third-order valence-electron chi connectivity index (χ3n) is 23.3. The van der Waals surface area contributed by atoms with Crippen LogP contribution in [0.25, 0.3) is 0 Å². The molecule has 0 aliphatic carbocycles. The lowest BCUT2D eigenvalue weighted by molar-refractivity contribution is 0.0571. The van der Waals surface area contributed by atoms with Crippen LogP contribution in [0.1, 0.15) is 294 Å². The number of methoxy groups -OCH3 is 2. The SMILES string of the molecule is CC(C)(C)c1cnn2c1CCOCC2.CC(C)(C)c1cnn2c1OCCCC2.CC(C)(C)c1cnn2c1OCCCC2.CC1CCOc2c(C(C)(C)C)cnn2C1.CCC1CCOc2c(C(C)(C)C)cnn2C1.CNC1CCn2ncc(C(C)(C)C)c2OC1.COC1CCOc2c(C(C)(C)C)cnn2C1.COC1CCn2ncc(C(C)(C)C)c2OC1. The van der Waals surface area contributed by atoms with Crippen molar-refractivity contribution in [2.75, 3.05) is 80.7 Å². The zero-order chi connectivity index (χ0) is 88.6. The van der Waals surface area contributed by atoms with Gasteiger partial charge in [0.25, 0.3) is 0 Å². The number of hydrogen-bond acceptors (Lipinski definition) is 19. The van der Waals surface area contributed by atoms with Gasteiger partial charge in [-0.25, -0.2) is 32.8 Å². The maximum Gasteiger partial charge on any atom is 0.215 e. The molecule has 121 heavy (non-hydrogen) atoms. The summed E-state index contributed by atoms with van der Waals surface area (Å²) in [6.45, 7) is 71.6. The van der Waals surface area contributed by atoms with Crippen molar-refractivity contribution >= 4 is 0 Å². The van der Waals surface area contributed by atoms with Gasteiger partial charge in [-0.3, -0.25) is 4.68 Å². The monoisotopic (exact) mass is 1680 g/mol. The van der Waals surface area contributed by atoms with Gasteiger partial charge in [0.2, 0.25) is 41.2 Å². The van der Waals surface area contributed by atoms with Crippen molar-refractivity contribution < 1.29 is 47.4 Å². The smallest absolute Gasteiger partial charge is 0.215 e. The Morgan fingerprint density at radius 3 is 1.08 bits per heavy atom. The maximum absolute atomic E-state index is 5.89. The predicted octanol–water partition coefficient (Wildman–Crippen LogP) is 17.6. The highest BCUT2D eigenvalue weighted by atomic mass is 16.5. The molecular formula is C94H157N17O10. The normalized spacial score (nSPS) is 19.9. The second kappa shape index (κ2) is 41.7. The Labute approximate surface area is 725 Å². The average Bonchev–Trinajstić information content (AvgIpc) is 1.74. The Kier molecular flexibility index (Phi) is 33.4. The minimum absolute atomic E-state index is 0.0699. The summed E-state index contributed by atoms with van der Waals surface area (Å²) in [5.41, 5.74) is 12.0. The van der Waals surface area contributed by atoms with E-state index in [0.717, 1.165) is 204 Å². The van der Waals surface area contributed by atoms with Crippen molar-refractivity contribution in [1.29, 1.82) is 0 Å². The minimum Gasteiger partial charge on any atom is -0.478 e. The first-order valence-electron chi connectivity index (χ1n) is 45.0. The fraction of sp³-hybridized carbons (Fsp3) is 0.745. The van der Waals surface area contributed by atoms with Crippen LogP contribution < -0.4 is 38.5 Å². The van der Waals surface area contributed by atoms with E-state index in [4.69, 9.17) is 47.4 Å². The summed E-state index contributed by atoms with van der Waals surface area (Å²) < 4.78 is 72.8. The van der Waals surface area contributed by atoms with Gasteiger partial charge < -0.3 is 52.7 Å². The first-order valence-corrected chi connectivity index (χ1v) is 45.0. The second-order valence-corrected chi connectivity index (χ2v) is 41.9. The highest BCUT2D eigenvalue weighted by Crippen LogP contribution is 2.40. The van der Waals surface area contributed by atoms with Gasteiger partial charge >= 0.3 is 0 Å². The Hall–Kier alpha value is -7.88. The van der Waals surface area contributed by atoms with Gasteiger partial charge in [-0.1, -0.05) is 186 Å². The Bertz CT molecular complexity index is 4150. The number of fused-ring (bicyclic) bond motifs is 8. The molecule has 5 atom stereocenters. The Morgan fingerprint density at radius 2 is 0.669 bits per heavy atom. The highest BCUT2D eigenvalue weighted by Gasteiger charge is 2.34. The van der Waals surface area contributed by atoms with Crippen LogP contribution in [0.2, 0.25) is 0 Å². The molecule has 27 nitrogen and oxygen atoms in total. The molecule has 5 unspecified atom stereocenters. The molecule has 16 heterocycles. The molecule has 27 heteroatoms. The number of nitrogens with zero attached hydrogens (tertiary/aromatic N) is 16. The van der Waals surface area contributed by atoms with E-state index < -0.39 is 0 Å². The first kappa shape index (κ1) is 96.9. The van der Waals surface area contributed by atoms with Crippen molar-refractivity contribution in [2.24, 2.45) is 11.8 Å².